The summed E-state index contributed by atoms with van der Waals surface area (Å²) < 4.78 is 39.9. The Balaban J connectivity index is 1.00. The van der Waals surface area contributed by atoms with Crippen LogP contribution in [0.5, 0.6) is 0 Å². The zero-order valence-corrected chi connectivity index (χ0v) is 32.0. The van der Waals surface area contributed by atoms with Crippen LogP contribution in [0.2, 0.25) is 0 Å². The van der Waals surface area contributed by atoms with Gasteiger partial charge >= 0.3 is 0 Å². The molecule has 0 saturated heterocycles. The topological polar surface area (TPSA) is 11.4 Å². The van der Waals surface area contributed by atoms with Gasteiger partial charge in [-0.2, -0.15) is 0 Å². The molecule has 0 N–H and O–H groups in total. The zero-order chi connectivity index (χ0) is 42.6. The molecule has 278 valence electrons. The second kappa shape index (κ2) is 14.6. The summed E-state index contributed by atoms with van der Waals surface area (Å²) >= 11 is 0. The van der Waals surface area contributed by atoms with Gasteiger partial charge in [0.1, 0.15) is 0 Å². The lowest BCUT2D eigenvalue weighted by molar-refractivity contribution is 1.18. The van der Waals surface area contributed by atoms with Crippen molar-refractivity contribution in [3.8, 4) is 16.8 Å². The Morgan fingerprint density at radius 3 is 1.51 bits per heavy atom. The third kappa shape index (κ3) is 6.26. The van der Waals surface area contributed by atoms with Crippen molar-refractivity contribution >= 4 is 77.5 Å². The first-order chi connectivity index (χ1) is 30.9. The number of fused-ring (bicyclic) bond motifs is 5. The van der Waals surface area contributed by atoms with Gasteiger partial charge in [0.15, 0.2) is 0 Å². The van der Waals surface area contributed by atoms with Gasteiger partial charge in [-0.1, -0.05) is 133 Å². The number of rotatable bonds is 8. The van der Waals surface area contributed by atoms with Gasteiger partial charge in [-0.05, 0) is 136 Å². The first-order valence-corrected chi connectivity index (χ1v) is 19.9. The van der Waals surface area contributed by atoms with E-state index in [0.29, 0.717) is 5.56 Å². The van der Waals surface area contributed by atoms with E-state index in [4.69, 9.17) is 0 Å². The minimum absolute atomic E-state index is 0.0945. The van der Waals surface area contributed by atoms with Gasteiger partial charge < -0.3 is 14.4 Å². The molecule has 10 aromatic carbocycles. The average molecular weight is 758 g/mol. The van der Waals surface area contributed by atoms with Gasteiger partial charge in [-0.3, -0.25) is 0 Å². The first kappa shape index (κ1) is 30.3. The number of anilines is 6. The zero-order valence-electron chi connectivity index (χ0n) is 36.0. The van der Waals surface area contributed by atoms with Crippen LogP contribution in [0.3, 0.4) is 0 Å². The standard InChI is InChI=1S/C56H39N3/c1-4-16-46(17-5-1)57(50-32-28-40-14-10-11-15-42(40)37-50)49-30-26-41(27-31-49)43-24-25-45-38-51(33-29-44(45)36-43)58(47-18-6-2-7-19-47)52-34-35-56-54(39-52)53-22-12-13-23-55(53)59(56)48-20-8-3-9-21-48/h1-39H/i26D,27D,30D,31D. The summed E-state index contributed by atoms with van der Waals surface area (Å²) in [7, 11) is 0. The van der Waals surface area contributed by atoms with E-state index in [-0.39, 0.29) is 35.4 Å². The summed E-state index contributed by atoms with van der Waals surface area (Å²) in [4.78, 5) is 4.10. The van der Waals surface area contributed by atoms with Crippen molar-refractivity contribution in [2.75, 3.05) is 9.80 Å². The average Bonchev–Trinajstić information content (AvgIpc) is 3.67. The van der Waals surface area contributed by atoms with Gasteiger partial charge in [0, 0.05) is 50.6 Å². The number of aromatic nitrogens is 1. The van der Waals surface area contributed by atoms with Crippen LogP contribution >= 0.6 is 0 Å². The normalized spacial score (nSPS) is 12.3. The molecule has 0 spiro atoms. The molecule has 0 amide bonds. The lowest BCUT2D eigenvalue weighted by Crippen LogP contribution is -2.09. The molecular weight excluding hydrogens is 715 g/mol. The molecule has 3 nitrogen and oxygen atoms in total. The van der Waals surface area contributed by atoms with Crippen molar-refractivity contribution in [2.24, 2.45) is 0 Å². The molecular formula is C56H39N3. The Morgan fingerprint density at radius 2 is 0.797 bits per heavy atom. The fourth-order valence-corrected chi connectivity index (χ4v) is 8.37. The lowest BCUT2D eigenvalue weighted by atomic mass is 10.00. The SMILES string of the molecule is [2H]c1c([2H])c(N(c2ccccc2)c2ccc3ccccc3c2)c([2H])c([2H])c1-c1ccc2cc(N(c3ccccc3)c3ccc4c(c3)c3ccccc3n4-c3ccccc3)ccc2c1. The highest BCUT2D eigenvalue weighted by atomic mass is 15.1. The Labute approximate surface area is 349 Å². The lowest BCUT2D eigenvalue weighted by Gasteiger charge is -2.26. The number of para-hydroxylation sites is 4. The number of hydrogen-bond donors (Lipinski definition) is 0. The van der Waals surface area contributed by atoms with Crippen LogP contribution < -0.4 is 9.80 Å². The molecule has 0 saturated carbocycles. The maximum absolute atomic E-state index is 9.42. The number of benzene rings is 10. The van der Waals surface area contributed by atoms with Crippen LogP contribution in [0.4, 0.5) is 34.1 Å². The van der Waals surface area contributed by atoms with Gasteiger partial charge in [-0.25, -0.2) is 0 Å². The molecule has 59 heavy (non-hydrogen) atoms. The Hall–Kier alpha value is -7.88. The van der Waals surface area contributed by atoms with Crippen molar-refractivity contribution in [3.05, 3.63) is 236 Å². The fourth-order valence-electron chi connectivity index (χ4n) is 8.37. The van der Waals surface area contributed by atoms with Crippen molar-refractivity contribution in [1.29, 1.82) is 0 Å². The van der Waals surface area contributed by atoms with Gasteiger partial charge in [0.05, 0.1) is 16.5 Å². The van der Waals surface area contributed by atoms with Crippen molar-refractivity contribution in [2.45, 2.75) is 0 Å². The smallest absolute Gasteiger partial charge is 0.0645 e. The van der Waals surface area contributed by atoms with E-state index >= 15 is 0 Å². The minimum atomic E-state index is -0.110. The maximum Gasteiger partial charge on any atom is 0.0645 e. The van der Waals surface area contributed by atoms with Crippen LogP contribution in [-0.2, 0) is 0 Å². The molecule has 0 aliphatic heterocycles. The predicted molar refractivity (Wildman–Crippen MR) is 251 cm³/mol. The number of nitrogens with zero attached hydrogens (tertiary/aromatic N) is 3. The van der Waals surface area contributed by atoms with E-state index < -0.39 is 0 Å². The Bertz CT molecular complexity index is 3490. The fraction of sp³-hybridized carbons (Fsp3) is 0. The molecule has 0 atom stereocenters. The second-order valence-electron chi connectivity index (χ2n) is 14.7. The van der Waals surface area contributed by atoms with E-state index in [1.807, 2.05) is 108 Å². The van der Waals surface area contributed by atoms with Gasteiger partial charge in [-0.15, -0.1) is 0 Å². The first-order valence-electron chi connectivity index (χ1n) is 21.9. The van der Waals surface area contributed by atoms with Gasteiger partial charge in [0.2, 0.25) is 0 Å². The van der Waals surface area contributed by atoms with Crippen LogP contribution in [0.25, 0.3) is 60.2 Å². The van der Waals surface area contributed by atoms with Crippen LogP contribution in [0.1, 0.15) is 5.48 Å². The molecule has 0 aliphatic carbocycles. The van der Waals surface area contributed by atoms with Crippen LogP contribution in [-0.4, -0.2) is 4.57 Å². The molecule has 1 aromatic heterocycles. The molecule has 11 rings (SSSR count). The highest BCUT2D eigenvalue weighted by Crippen LogP contribution is 2.41. The van der Waals surface area contributed by atoms with E-state index in [2.05, 4.69) is 119 Å². The summed E-state index contributed by atoms with van der Waals surface area (Å²) in [6, 6.07) is 71.6. The van der Waals surface area contributed by atoms with Crippen molar-refractivity contribution in [1.82, 2.24) is 4.57 Å². The van der Waals surface area contributed by atoms with Crippen LogP contribution in [0, 0.1) is 0 Å². The summed E-state index contributed by atoms with van der Waals surface area (Å²) in [5.41, 5.74) is 9.01. The highest BCUT2D eigenvalue weighted by Gasteiger charge is 2.18. The Morgan fingerprint density at radius 1 is 0.305 bits per heavy atom. The summed E-state index contributed by atoms with van der Waals surface area (Å²) in [6.45, 7) is 0. The largest absolute Gasteiger partial charge is 0.310 e. The van der Waals surface area contributed by atoms with Crippen molar-refractivity contribution in [3.63, 3.8) is 0 Å². The minimum Gasteiger partial charge on any atom is -0.310 e. The van der Waals surface area contributed by atoms with Crippen molar-refractivity contribution < 1.29 is 5.48 Å². The third-order valence-electron chi connectivity index (χ3n) is 11.2. The van der Waals surface area contributed by atoms with E-state index in [1.54, 1.807) is 0 Å². The summed E-state index contributed by atoms with van der Waals surface area (Å²) in [5.74, 6) is 0. The summed E-state index contributed by atoms with van der Waals surface area (Å²) in [5, 5.41) is 6.34. The molecule has 3 heteroatoms. The van der Waals surface area contributed by atoms with E-state index in [0.717, 1.165) is 72.1 Å². The molecule has 11 aromatic rings. The van der Waals surface area contributed by atoms with E-state index in [9.17, 15) is 5.48 Å². The highest BCUT2D eigenvalue weighted by molar-refractivity contribution is 6.11. The predicted octanol–water partition coefficient (Wildman–Crippen LogP) is 15.7. The molecule has 0 aliphatic rings. The quantitative estimate of drug-likeness (QED) is 0.153. The molecule has 1 heterocycles. The number of hydrogen-bond acceptors (Lipinski definition) is 2. The van der Waals surface area contributed by atoms with E-state index in [1.165, 1.54) is 5.39 Å². The monoisotopic (exact) mass is 757 g/mol. The molecule has 0 unspecified atom stereocenters. The third-order valence-corrected chi connectivity index (χ3v) is 11.2. The second-order valence-corrected chi connectivity index (χ2v) is 14.7. The molecule has 0 bridgehead atoms. The Kier molecular flexibility index (Phi) is 7.48. The molecule has 0 radical (unpaired) electrons. The summed E-state index contributed by atoms with van der Waals surface area (Å²) in [6.07, 6.45) is 0. The maximum atomic E-state index is 9.42. The molecule has 0 fully saturated rings. The van der Waals surface area contributed by atoms with Gasteiger partial charge in [0.25, 0.3) is 0 Å². The van der Waals surface area contributed by atoms with Crippen LogP contribution in [0.15, 0.2) is 236 Å².